The molecule has 4 nitrogen and oxygen atoms in total. The van der Waals surface area contributed by atoms with E-state index >= 15 is 0 Å². The average Bonchev–Trinajstić information content (AvgIpc) is 3.18. The van der Waals surface area contributed by atoms with Crippen molar-refractivity contribution in [2.24, 2.45) is 0 Å². The molecule has 0 atom stereocenters. The first kappa shape index (κ1) is 23.8. The number of nitrogens with zero attached hydrogens (tertiary/aromatic N) is 2. The van der Waals surface area contributed by atoms with Crippen molar-refractivity contribution in [3.8, 4) is 0 Å². The molecule has 176 valence electrons. The molecule has 0 spiro atoms. The smallest absolute Gasteiger partial charge is 0.268 e. The van der Waals surface area contributed by atoms with Crippen LogP contribution >= 0.6 is 0 Å². The standard InChI is InChI=1S/C30H35N3O/c1-4-5-20-31-30(34)29-28(25-18-12-13-19-26(25)33(29)22-21-32(2)3)27(23-14-8-6-9-15-23)24-16-10-7-11-17-24/h6-19,27H,4-5,20-22H2,1-3H3,(H,31,34). The van der Waals surface area contributed by atoms with E-state index in [1.54, 1.807) is 0 Å². The summed E-state index contributed by atoms with van der Waals surface area (Å²) in [5, 5.41) is 4.35. The van der Waals surface area contributed by atoms with Crippen LogP contribution in [0.4, 0.5) is 0 Å². The van der Waals surface area contributed by atoms with Gasteiger partial charge in [-0.3, -0.25) is 4.79 Å². The summed E-state index contributed by atoms with van der Waals surface area (Å²) in [4.78, 5) is 16.0. The van der Waals surface area contributed by atoms with Crippen LogP contribution < -0.4 is 5.32 Å². The summed E-state index contributed by atoms with van der Waals surface area (Å²) in [5.41, 5.74) is 5.34. The number of aromatic nitrogens is 1. The van der Waals surface area contributed by atoms with Crippen molar-refractivity contribution >= 4 is 16.8 Å². The summed E-state index contributed by atoms with van der Waals surface area (Å²) in [5.74, 6) is -0.0323. The van der Waals surface area contributed by atoms with Gasteiger partial charge in [-0.2, -0.15) is 0 Å². The largest absolute Gasteiger partial charge is 0.351 e. The van der Waals surface area contributed by atoms with Crippen LogP contribution in [0.3, 0.4) is 0 Å². The highest BCUT2D eigenvalue weighted by atomic mass is 16.1. The fraction of sp³-hybridized carbons (Fsp3) is 0.300. The Bertz CT molecular complexity index is 1170. The molecule has 4 heteroatoms. The van der Waals surface area contributed by atoms with Gasteiger partial charge < -0.3 is 14.8 Å². The maximum atomic E-state index is 13.8. The van der Waals surface area contributed by atoms with Gasteiger partial charge in [0.2, 0.25) is 0 Å². The Kier molecular flexibility index (Phi) is 7.81. The Morgan fingerprint density at radius 3 is 2.06 bits per heavy atom. The molecule has 1 aromatic heterocycles. The van der Waals surface area contributed by atoms with Gasteiger partial charge in [-0.15, -0.1) is 0 Å². The molecule has 1 N–H and O–H groups in total. The van der Waals surface area contributed by atoms with Crippen molar-refractivity contribution < 1.29 is 4.79 Å². The zero-order chi connectivity index (χ0) is 23.9. The Morgan fingerprint density at radius 1 is 0.882 bits per heavy atom. The van der Waals surface area contributed by atoms with Gasteiger partial charge in [0.15, 0.2) is 0 Å². The van der Waals surface area contributed by atoms with Crippen molar-refractivity contribution in [3.05, 3.63) is 107 Å². The molecule has 3 aromatic carbocycles. The SMILES string of the molecule is CCCCNC(=O)c1c(C(c2ccccc2)c2ccccc2)c2ccccc2n1CCN(C)C. The van der Waals surface area contributed by atoms with Crippen molar-refractivity contribution in [1.82, 2.24) is 14.8 Å². The molecule has 0 aliphatic carbocycles. The first-order valence-electron chi connectivity index (χ1n) is 12.3. The van der Waals surface area contributed by atoms with Crippen LogP contribution in [0.25, 0.3) is 10.9 Å². The van der Waals surface area contributed by atoms with Crippen LogP contribution in [0.2, 0.25) is 0 Å². The lowest BCUT2D eigenvalue weighted by Gasteiger charge is -2.21. The van der Waals surface area contributed by atoms with Crippen LogP contribution in [0.1, 0.15) is 52.9 Å². The van der Waals surface area contributed by atoms with E-state index in [2.05, 4.69) is 109 Å². The Labute approximate surface area is 203 Å². The molecule has 1 amide bonds. The van der Waals surface area contributed by atoms with Crippen LogP contribution in [0.15, 0.2) is 84.9 Å². The van der Waals surface area contributed by atoms with E-state index in [1.165, 1.54) is 11.1 Å². The fourth-order valence-electron chi connectivity index (χ4n) is 4.68. The van der Waals surface area contributed by atoms with E-state index in [4.69, 9.17) is 0 Å². The van der Waals surface area contributed by atoms with E-state index < -0.39 is 0 Å². The molecule has 0 saturated carbocycles. The molecular formula is C30H35N3O. The summed E-state index contributed by atoms with van der Waals surface area (Å²) in [6, 6.07) is 29.5. The molecule has 34 heavy (non-hydrogen) atoms. The second kappa shape index (κ2) is 11.2. The second-order valence-electron chi connectivity index (χ2n) is 9.10. The van der Waals surface area contributed by atoms with Crippen molar-refractivity contribution in [2.45, 2.75) is 32.2 Å². The highest BCUT2D eigenvalue weighted by Crippen LogP contribution is 2.40. The van der Waals surface area contributed by atoms with Crippen molar-refractivity contribution in [3.63, 3.8) is 0 Å². The molecule has 0 bridgehead atoms. The highest BCUT2D eigenvalue weighted by Gasteiger charge is 2.29. The lowest BCUT2D eigenvalue weighted by Crippen LogP contribution is -2.30. The van der Waals surface area contributed by atoms with E-state index in [0.717, 1.165) is 48.1 Å². The fourth-order valence-corrected chi connectivity index (χ4v) is 4.68. The first-order chi connectivity index (χ1) is 16.6. The molecule has 0 unspecified atom stereocenters. The maximum absolute atomic E-state index is 13.8. The number of rotatable bonds is 10. The Hall–Kier alpha value is -3.37. The number of likely N-dealkylation sites (N-methyl/N-ethyl adjacent to an activating group) is 1. The van der Waals surface area contributed by atoms with E-state index in [9.17, 15) is 4.79 Å². The van der Waals surface area contributed by atoms with E-state index in [0.29, 0.717) is 6.54 Å². The zero-order valence-electron chi connectivity index (χ0n) is 20.5. The molecule has 4 rings (SSSR count). The molecule has 4 aromatic rings. The van der Waals surface area contributed by atoms with E-state index in [-0.39, 0.29) is 11.8 Å². The lowest BCUT2D eigenvalue weighted by molar-refractivity contribution is 0.0942. The number of amides is 1. The third kappa shape index (κ3) is 5.07. The quantitative estimate of drug-likeness (QED) is 0.303. The molecule has 0 radical (unpaired) electrons. The van der Waals surface area contributed by atoms with Gasteiger partial charge in [0.1, 0.15) is 5.69 Å². The summed E-state index contributed by atoms with van der Waals surface area (Å²) in [6.07, 6.45) is 2.02. The summed E-state index contributed by atoms with van der Waals surface area (Å²) >= 11 is 0. The van der Waals surface area contributed by atoms with Crippen molar-refractivity contribution in [1.29, 1.82) is 0 Å². The Balaban J connectivity index is 1.99. The summed E-state index contributed by atoms with van der Waals surface area (Å²) in [6.45, 7) is 4.44. The number of unbranched alkanes of at least 4 members (excludes halogenated alkanes) is 1. The minimum absolute atomic E-state index is 0.00951. The van der Waals surface area contributed by atoms with Gasteiger partial charge in [-0.05, 0) is 37.7 Å². The van der Waals surface area contributed by atoms with Gasteiger partial charge in [-0.25, -0.2) is 0 Å². The van der Waals surface area contributed by atoms with Crippen LogP contribution in [0.5, 0.6) is 0 Å². The van der Waals surface area contributed by atoms with Gasteiger partial charge >= 0.3 is 0 Å². The number of para-hydroxylation sites is 1. The molecule has 0 aliphatic rings. The van der Waals surface area contributed by atoms with Crippen LogP contribution in [-0.4, -0.2) is 42.6 Å². The molecule has 0 fully saturated rings. The molecule has 0 aliphatic heterocycles. The lowest BCUT2D eigenvalue weighted by atomic mass is 9.83. The second-order valence-corrected chi connectivity index (χ2v) is 9.10. The Morgan fingerprint density at radius 2 is 1.47 bits per heavy atom. The van der Waals surface area contributed by atoms with Crippen LogP contribution in [0, 0.1) is 0 Å². The summed E-state index contributed by atoms with van der Waals surface area (Å²) in [7, 11) is 4.15. The number of carbonyl (C=O) groups excluding carboxylic acids is 1. The number of carbonyl (C=O) groups is 1. The van der Waals surface area contributed by atoms with Crippen LogP contribution in [-0.2, 0) is 6.54 Å². The van der Waals surface area contributed by atoms with Crippen molar-refractivity contribution in [2.75, 3.05) is 27.2 Å². The number of nitrogens with one attached hydrogen (secondary N) is 1. The van der Waals surface area contributed by atoms with Gasteiger partial charge in [0.25, 0.3) is 5.91 Å². The average molecular weight is 454 g/mol. The normalized spacial score (nSPS) is 11.4. The minimum atomic E-state index is -0.0418. The topological polar surface area (TPSA) is 37.3 Å². The number of benzene rings is 3. The summed E-state index contributed by atoms with van der Waals surface area (Å²) < 4.78 is 2.23. The van der Waals surface area contributed by atoms with Gasteiger partial charge in [-0.1, -0.05) is 92.2 Å². The predicted molar refractivity (Wildman–Crippen MR) is 142 cm³/mol. The number of hydrogen-bond donors (Lipinski definition) is 1. The van der Waals surface area contributed by atoms with Gasteiger partial charge in [0.05, 0.1) is 0 Å². The number of hydrogen-bond acceptors (Lipinski definition) is 2. The molecule has 1 heterocycles. The third-order valence-electron chi connectivity index (χ3n) is 6.37. The van der Waals surface area contributed by atoms with E-state index in [1.807, 2.05) is 12.1 Å². The third-order valence-corrected chi connectivity index (χ3v) is 6.37. The zero-order valence-corrected chi connectivity index (χ0v) is 20.5. The maximum Gasteiger partial charge on any atom is 0.268 e. The number of fused-ring (bicyclic) bond motifs is 1. The van der Waals surface area contributed by atoms with Gasteiger partial charge in [0, 0.05) is 42.0 Å². The first-order valence-corrected chi connectivity index (χ1v) is 12.3. The highest BCUT2D eigenvalue weighted by molar-refractivity contribution is 6.02. The molecule has 0 saturated heterocycles. The predicted octanol–water partition coefficient (Wildman–Crippen LogP) is 5.91. The minimum Gasteiger partial charge on any atom is -0.351 e. The molecular weight excluding hydrogens is 418 g/mol. The monoisotopic (exact) mass is 453 g/mol.